The zero-order valence-electron chi connectivity index (χ0n) is 9.12. The Labute approximate surface area is 84.8 Å². The van der Waals surface area contributed by atoms with E-state index < -0.39 is 5.60 Å². The number of ether oxygens (including phenoxy) is 1. The lowest BCUT2D eigenvalue weighted by atomic mass is 9.90. The first-order valence-electron chi connectivity index (χ1n) is 4.94. The summed E-state index contributed by atoms with van der Waals surface area (Å²) in [6.07, 6.45) is 0.874. The van der Waals surface area contributed by atoms with E-state index in [-0.39, 0.29) is 18.4 Å². The molecule has 1 saturated heterocycles. The number of carbonyl (C=O) groups is 1. The molecule has 1 N–H and O–H groups in total. The van der Waals surface area contributed by atoms with Crippen molar-refractivity contribution in [2.45, 2.75) is 25.9 Å². The van der Waals surface area contributed by atoms with Crippen LogP contribution in [0.1, 0.15) is 20.3 Å². The molecule has 0 aromatic carbocycles. The van der Waals surface area contributed by atoms with E-state index in [2.05, 4.69) is 0 Å². The summed E-state index contributed by atoms with van der Waals surface area (Å²) in [7, 11) is 1.52. The van der Waals surface area contributed by atoms with Gasteiger partial charge in [-0.2, -0.15) is 0 Å². The van der Waals surface area contributed by atoms with Crippen LogP contribution < -0.4 is 0 Å². The average molecular weight is 201 g/mol. The maximum absolute atomic E-state index is 11.4. The van der Waals surface area contributed by atoms with E-state index in [0.29, 0.717) is 6.54 Å². The molecule has 1 aliphatic heterocycles. The number of hydrogen-bond donors (Lipinski definition) is 1. The first-order chi connectivity index (χ1) is 6.45. The van der Waals surface area contributed by atoms with Crippen LogP contribution in [0.4, 0.5) is 0 Å². The summed E-state index contributed by atoms with van der Waals surface area (Å²) in [5.74, 6) is 0.197. The van der Waals surface area contributed by atoms with Gasteiger partial charge in [0.05, 0.1) is 5.60 Å². The van der Waals surface area contributed by atoms with Gasteiger partial charge >= 0.3 is 0 Å². The molecule has 1 amide bonds. The molecule has 1 heterocycles. The highest BCUT2D eigenvalue weighted by molar-refractivity contribution is 5.77. The highest BCUT2D eigenvalue weighted by atomic mass is 16.5. The Bertz CT molecular complexity index is 210. The number of aliphatic hydroxyl groups is 1. The maximum Gasteiger partial charge on any atom is 0.248 e. The number of rotatable bonds is 3. The number of likely N-dealkylation sites (tertiary alicyclic amines) is 1. The predicted octanol–water partition coefficient (Wildman–Crippen LogP) is 0.252. The zero-order valence-corrected chi connectivity index (χ0v) is 9.12. The molecule has 0 aromatic rings. The lowest BCUT2D eigenvalue weighted by molar-refractivity contribution is -0.134. The largest absolute Gasteiger partial charge is 0.390 e. The van der Waals surface area contributed by atoms with Gasteiger partial charge in [-0.1, -0.05) is 0 Å². The van der Waals surface area contributed by atoms with Gasteiger partial charge in [0, 0.05) is 26.1 Å². The Morgan fingerprint density at radius 2 is 2.29 bits per heavy atom. The summed E-state index contributed by atoms with van der Waals surface area (Å²) in [6, 6.07) is 0. The number of methoxy groups -OCH3 is 1. The molecule has 0 spiro atoms. The van der Waals surface area contributed by atoms with Crippen LogP contribution in [-0.2, 0) is 9.53 Å². The fourth-order valence-corrected chi connectivity index (χ4v) is 1.78. The van der Waals surface area contributed by atoms with Crippen LogP contribution in [0, 0.1) is 5.92 Å². The van der Waals surface area contributed by atoms with Gasteiger partial charge in [0.25, 0.3) is 0 Å². The summed E-state index contributed by atoms with van der Waals surface area (Å²) >= 11 is 0. The lowest BCUT2D eigenvalue weighted by Gasteiger charge is -2.25. The normalized spacial score (nSPS) is 22.9. The van der Waals surface area contributed by atoms with Gasteiger partial charge in [-0.15, -0.1) is 0 Å². The molecule has 0 bridgehead atoms. The van der Waals surface area contributed by atoms with Crippen molar-refractivity contribution in [1.29, 1.82) is 0 Å². The fraction of sp³-hybridized carbons (Fsp3) is 0.900. The Kier molecular flexibility index (Phi) is 3.50. The van der Waals surface area contributed by atoms with Crippen LogP contribution in [0.2, 0.25) is 0 Å². The van der Waals surface area contributed by atoms with Crippen LogP contribution >= 0.6 is 0 Å². The van der Waals surface area contributed by atoms with Crippen molar-refractivity contribution in [1.82, 2.24) is 4.90 Å². The molecule has 1 unspecified atom stereocenters. The van der Waals surface area contributed by atoms with Crippen molar-refractivity contribution in [3.63, 3.8) is 0 Å². The molecule has 4 nitrogen and oxygen atoms in total. The molecule has 0 radical (unpaired) electrons. The SMILES string of the molecule is COCC(=O)N1CCC(C(C)(C)O)C1. The van der Waals surface area contributed by atoms with Gasteiger partial charge < -0.3 is 14.7 Å². The summed E-state index contributed by atoms with van der Waals surface area (Å²) in [5.41, 5.74) is -0.692. The number of nitrogens with zero attached hydrogens (tertiary/aromatic N) is 1. The van der Waals surface area contributed by atoms with Crippen molar-refractivity contribution in [2.75, 3.05) is 26.8 Å². The van der Waals surface area contributed by atoms with Crippen LogP contribution in [0.15, 0.2) is 0 Å². The minimum absolute atomic E-state index is 0.0132. The van der Waals surface area contributed by atoms with E-state index in [1.165, 1.54) is 7.11 Å². The topological polar surface area (TPSA) is 49.8 Å². The highest BCUT2D eigenvalue weighted by Gasteiger charge is 2.35. The fourth-order valence-electron chi connectivity index (χ4n) is 1.78. The monoisotopic (exact) mass is 201 g/mol. The van der Waals surface area contributed by atoms with Gasteiger partial charge in [-0.25, -0.2) is 0 Å². The summed E-state index contributed by atoms with van der Waals surface area (Å²) < 4.78 is 4.78. The molecule has 82 valence electrons. The molecular weight excluding hydrogens is 182 g/mol. The van der Waals surface area contributed by atoms with Crippen molar-refractivity contribution < 1.29 is 14.6 Å². The van der Waals surface area contributed by atoms with Crippen molar-refractivity contribution >= 4 is 5.91 Å². The number of carbonyl (C=O) groups excluding carboxylic acids is 1. The minimum Gasteiger partial charge on any atom is -0.390 e. The Hall–Kier alpha value is -0.610. The third-order valence-corrected chi connectivity index (χ3v) is 2.81. The molecule has 1 aliphatic rings. The molecule has 1 atom stereocenters. The molecular formula is C10H19NO3. The molecule has 4 heteroatoms. The van der Waals surface area contributed by atoms with Crippen LogP contribution in [0.25, 0.3) is 0 Å². The Morgan fingerprint density at radius 3 is 2.71 bits per heavy atom. The van der Waals surface area contributed by atoms with Crippen LogP contribution in [-0.4, -0.2) is 48.3 Å². The standard InChI is InChI=1S/C10H19NO3/c1-10(2,13)8-4-5-11(6-8)9(12)7-14-3/h8,13H,4-7H2,1-3H3. The quantitative estimate of drug-likeness (QED) is 0.712. The lowest BCUT2D eigenvalue weighted by Crippen LogP contribution is -2.36. The summed E-state index contributed by atoms with van der Waals surface area (Å²) in [6.45, 7) is 5.10. The van der Waals surface area contributed by atoms with Crippen molar-refractivity contribution in [3.8, 4) is 0 Å². The molecule has 0 saturated carbocycles. The third kappa shape index (κ3) is 2.69. The van der Waals surface area contributed by atoms with Gasteiger partial charge in [-0.3, -0.25) is 4.79 Å². The second kappa shape index (κ2) is 4.28. The predicted molar refractivity (Wildman–Crippen MR) is 52.9 cm³/mol. The second-order valence-corrected chi connectivity index (χ2v) is 4.41. The summed E-state index contributed by atoms with van der Waals surface area (Å²) in [5, 5.41) is 9.78. The molecule has 1 fully saturated rings. The smallest absolute Gasteiger partial charge is 0.248 e. The molecule has 0 aromatic heterocycles. The molecule has 0 aliphatic carbocycles. The second-order valence-electron chi connectivity index (χ2n) is 4.41. The zero-order chi connectivity index (χ0) is 10.8. The first kappa shape index (κ1) is 11.5. The van der Waals surface area contributed by atoms with Gasteiger partial charge in [0.15, 0.2) is 0 Å². The molecule has 1 rings (SSSR count). The van der Waals surface area contributed by atoms with E-state index in [4.69, 9.17) is 4.74 Å². The van der Waals surface area contributed by atoms with E-state index in [1.807, 2.05) is 0 Å². The minimum atomic E-state index is -0.692. The first-order valence-corrected chi connectivity index (χ1v) is 4.94. The van der Waals surface area contributed by atoms with E-state index in [9.17, 15) is 9.90 Å². The number of amides is 1. The number of hydrogen-bond acceptors (Lipinski definition) is 3. The van der Waals surface area contributed by atoms with Gasteiger partial charge in [0.2, 0.25) is 5.91 Å². The van der Waals surface area contributed by atoms with E-state index in [1.54, 1.807) is 18.7 Å². The van der Waals surface area contributed by atoms with Gasteiger partial charge in [0.1, 0.15) is 6.61 Å². The Balaban J connectivity index is 2.45. The van der Waals surface area contributed by atoms with Crippen molar-refractivity contribution in [2.24, 2.45) is 5.92 Å². The van der Waals surface area contributed by atoms with E-state index in [0.717, 1.165) is 13.0 Å². The maximum atomic E-state index is 11.4. The average Bonchev–Trinajstić information content (AvgIpc) is 2.51. The van der Waals surface area contributed by atoms with Crippen LogP contribution in [0.3, 0.4) is 0 Å². The van der Waals surface area contributed by atoms with Crippen molar-refractivity contribution in [3.05, 3.63) is 0 Å². The van der Waals surface area contributed by atoms with E-state index >= 15 is 0 Å². The molecule has 14 heavy (non-hydrogen) atoms. The van der Waals surface area contributed by atoms with Gasteiger partial charge in [-0.05, 0) is 20.3 Å². The summed E-state index contributed by atoms with van der Waals surface area (Å²) in [4.78, 5) is 13.2. The third-order valence-electron chi connectivity index (χ3n) is 2.81. The van der Waals surface area contributed by atoms with Crippen LogP contribution in [0.5, 0.6) is 0 Å². The Morgan fingerprint density at radius 1 is 1.64 bits per heavy atom. The highest BCUT2D eigenvalue weighted by Crippen LogP contribution is 2.26.